The summed E-state index contributed by atoms with van der Waals surface area (Å²) in [6.07, 6.45) is 6.84. The molecule has 1 aromatic rings. The van der Waals surface area contributed by atoms with Gasteiger partial charge in [0.25, 0.3) is 0 Å². The Hall–Kier alpha value is -2.15. The lowest BCUT2D eigenvalue weighted by molar-refractivity contribution is -0.137. The van der Waals surface area contributed by atoms with E-state index in [4.69, 9.17) is 0 Å². The van der Waals surface area contributed by atoms with Gasteiger partial charge in [0.15, 0.2) is 0 Å². The van der Waals surface area contributed by atoms with Gasteiger partial charge in [-0.05, 0) is 76.2 Å². The summed E-state index contributed by atoms with van der Waals surface area (Å²) < 4.78 is 13.5. The van der Waals surface area contributed by atoms with Crippen LogP contribution in [-0.4, -0.2) is 71.1 Å². The van der Waals surface area contributed by atoms with Crippen LogP contribution in [-0.2, 0) is 10.3 Å². The maximum Gasteiger partial charge on any atom is 0.323 e. The molecule has 2 amide bonds. The van der Waals surface area contributed by atoms with Gasteiger partial charge in [0.05, 0.1) is 5.54 Å². The van der Waals surface area contributed by atoms with Crippen LogP contribution in [0.2, 0.25) is 0 Å². The van der Waals surface area contributed by atoms with E-state index in [2.05, 4.69) is 19.0 Å². The normalized spacial score (nSPS) is 29.7. The molecule has 0 unspecified atom stereocenters. The molecule has 3 fully saturated rings. The molecule has 30 heavy (non-hydrogen) atoms. The molecule has 1 aliphatic heterocycles. The number of benzene rings is 1. The van der Waals surface area contributed by atoms with Crippen LogP contribution < -0.4 is 0 Å². The number of aliphatic carboxylic acids is 1. The highest BCUT2D eigenvalue weighted by atomic mass is 19.1. The minimum atomic E-state index is -0.964. The Balaban J connectivity index is 1.59. The lowest BCUT2D eigenvalue weighted by Crippen LogP contribution is -2.56. The van der Waals surface area contributed by atoms with E-state index in [9.17, 15) is 19.1 Å². The van der Waals surface area contributed by atoms with Crippen molar-refractivity contribution in [1.82, 2.24) is 14.7 Å². The van der Waals surface area contributed by atoms with Crippen molar-refractivity contribution in [2.24, 2.45) is 5.92 Å². The number of carboxylic acid groups (broad SMARTS) is 1. The summed E-state index contributed by atoms with van der Waals surface area (Å²) in [6, 6.07) is 6.65. The third-order valence-corrected chi connectivity index (χ3v) is 7.80. The fraction of sp³-hybridized carbons (Fsp3) is 0.652. The molecule has 0 bridgehead atoms. The second kappa shape index (κ2) is 7.84. The number of hydrogen-bond acceptors (Lipinski definition) is 3. The second-order valence-corrected chi connectivity index (χ2v) is 9.60. The van der Waals surface area contributed by atoms with Gasteiger partial charge in [0.2, 0.25) is 0 Å². The highest BCUT2D eigenvalue weighted by Gasteiger charge is 2.55. The Labute approximate surface area is 177 Å². The SMILES string of the molecule is CN(C)[C@]1(c2ccc(F)cc2)CC[C@]2(CC1)CN(CC(=O)O)C(=O)N2CC1CCC1. The van der Waals surface area contributed by atoms with Crippen molar-refractivity contribution in [3.63, 3.8) is 0 Å². The number of carboxylic acids is 1. The molecule has 0 aromatic heterocycles. The maximum absolute atomic E-state index is 13.5. The summed E-state index contributed by atoms with van der Waals surface area (Å²) >= 11 is 0. The standard InChI is InChI=1S/C23H32FN3O3/c1-25(2)23(18-6-8-19(24)9-7-18)12-10-22(11-13-23)16-26(15-20(28)29)21(30)27(22)14-17-4-3-5-17/h6-9,17H,3-5,10-16H2,1-2H3,(H,28,29)/t22-,23+. The number of halogens is 1. The summed E-state index contributed by atoms with van der Waals surface area (Å²) in [4.78, 5) is 30.2. The topological polar surface area (TPSA) is 64.1 Å². The highest BCUT2D eigenvalue weighted by molar-refractivity contribution is 5.83. The summed E-state index contributed by atoms with van der Waals surface area (Å²) in [5, 5.41) is 9.28. The fourth-order valence-corrected chi connectivity index (χ4v) is 5.69. The molecule has 2 aliphatic carbocycles. The Morgan fingerprint density at radius 1 is 1.17 bits per heavy atom. The van der Waals surface area contributed by atoms with E-state index in [0.717, 1.165) is 50.6 Å². The van der Waals surface area contributed by atoms with Gasteiger partial charge >= 0.3 is 12.0 Å². The second-order valence-electron chi connectivity index (χ2n) is 9.60. The van der Waals surface area contributed by atoms with Crippen LogP contribution in [0.25, 0.3) is 0 Å². The summed E-state index contributed by atoms with van der Waals surface area (Å²) in [7, 11) is 4.12. The van der Waals surface area contributed by atoms with Crippen molar-refractivity contribution in [3.05, 3.63) is 35.6 Å². The van der Waals surface area contributed by atoms with E-state index in [-0.39, 0.29) is 29.5 Å². The molecule has 6 nitrogen and oxygen atoms in total. The van der Waals surface area contributed by atoms with Crippen LogP contribution in [0.3, 0.4) is 0 Å². The van der Waals surface area contributed by atoms with Crippen LogP contribution in [0.4, 0.5) is 9.18 Å². The molecule has 1 N–H and O–H groups in total. The quantitative estimate of drug-likeness (QED) is 0.769. The van der Waals surface area contributed by atoms with E-state index in [0.29, 0.717) is 12.5 Å². The Kier molecular flexibility index (Phi) is 5.51. The van der Waals surface area contributed by atoms with Gasteiger partial charge in [-0.15, -0.1) is 0 Å². The van der Waals surface area contributed by atoms with E-state index in [1.165, 1.54) is 23.5 Å². The number of rotatable bonds is 6. The first-order valence-electron chi connectivity index (χ1n) is 11.0. The minimum Gasteiger partial charge on any atom is -0.480 e. The third-order valence-electron chi connectivity index (χ3n) is 7.80. The molecule has 7 heteroatoms. The van der Waals surface area contributed by atoms with Gasteiger partial charge in [-0.1, -0.05) is 18.6 Å². The molecule has 3 aliphatic rings. The first kappa shape index (κ1) is 21.1. The molecule has 1 aromatic carbocycles. The number of amides is 2. The monoisotopic (exact) mass is 417 g/mol. The van der Waals surface area contributed by atoms with Crippen LogP contribution in [0.5, 0.6) is 0 Å². The maximum atomic E-state index is 13.5. The zero-order valence-electron chi connectivity index (χ0n) is 17.9. The van der Waals surface area contributed by atoms with Crippen LogP contribution in [0.1, 0.15) is 50.5 Å². The Morgan fingerprint density at radius 2 is 1.80 bits per heavy atom. The molecule has 1 heterocycles. The van der Waals surface area contributed by atoms with Crippen LogP contribution >= 0.6 is 0 Å². The molecule has 0 radical (unpaired) electrons. The number of urea groups is 1. The van der Waals surface area contributed by atoms with Crippen LogP contribution in [0, 0.1) is 11.7 Å². The molecule has 1 saturated heterocycles. The van der Waals surface area contributed by atoms with Crippen molar-refractivity contribution >= 4 is 12.0 Å². The van der Waals surface area contributed by atoms with E-state index >= 15 is 0 Å². The van der Waals surface area contributed by atoms with Crippen molar-refractivity contribution in [2.75, 3.05) is 33.7 Å². The highest BCUT2D eigenvalue weighted by Crippen LogP contribution is 2.49. The predicted octanol–water partition coefficient (Wildman–Crippen LogP) is 3.52. The molecule has 1 spiro atoms. The molecule has 164 valence electrons. The number of carbonyl (C=O) groups is 2. The Bertz CT molecular complexity index is 798. The van der Waals surface area contributed by atoms with Gasteiger partial charge in [-0.2, -0.15) is 0 Å². The lowest BCUT2D eigenvalue weighted by Gasteiger charge is -2.51. The van der Waals surface area contributed by atoms with Gasteiger partial charge in [0.1, 0.15) is 12.4 Å². The Morgan fingerprint density at radius 3 is 2.30 bits per heavy atom. The van der Waals surface area contributed by atoms with E-state index in [1.54, 1.807) is 0 Å². The van der Waals surface area contributed by atoms with Crippen LogP contribution in [0.15, 0.2) is 24.3 Å². The van der Waals surface area contributed by atoms with Gasteiger partial charge in [0, 0.05) is 18.6 Å². The average molecular weight is 418 g/mol. The summed E-state index contributed by atoms with van der Waals surface area (Å²) in [5.74, 6) is -0.667. The minimum absolute atomic E-state index is 0.122. The van der Waals surface area contributed by atoms with Crippen molar-refractivity contribution < 1.29 is 19.1 Å². The average Bonchev–Trinajstić information content (AvgIpc) is 2.90. The smallest absolute Gasteiger partial charge is 0.323 e. The zero-order valence-corrected chi connectivity index (χ0v) is 17.9. The molecular formula is C23H32FN3O3. The number of carbonyl (C=O) groups excluding carboxylic acids is 1. The van der Waals surface area contributed by atoms with Crippen molar-refractivity contribution in [3.8, 4) is 0 Å². The first-order valence-corrected chi connectivity index (χ1v) is 11.0. The largest absolute Gasteiger partial charge is 0.480 e. The molecule has 0 atom stereocenters. The van der Waals surface area contributed by atoms with Crippen molar-refractivity contribution in [1.29, 1.82) is 0 Å². The first-order chi connectivity index (χ1) is 14.3. The van der Waals surface area contributed by atoms with E-state index < -0.39 is 5.97 Å². The number of hydrogen-bond donors (Lipinski definition) is 1. The third kappa shape index (κ3) is 3.57. The molecule has 2 saturated carbocycles. The lowest BCUT2D eigenvalue weighted by atomic mass is 9.68. The van der Waals surface area contributed by atoms with E-state index in [1.807, 2.05) is 17.0 Å². The zero-order chi connectivity index (χ0) is 21.5. The van der Waals surface area contributed by atoms with Gasteiger partial charge < -0.3 is 14.9 Å². The molecule has 4 rings (SSSR count). The van der Waals surface area contributed by atoms with Gasteiger partial charge in [-0.3, -0.25) is 9.69 Å². The summed E-state index contributed by atoms with van der Waals surface area (Å²) in [5.41, 5.74) is 0.590. The fourth-order valence-electron chi connectivity index (χ4n) is 5.69. The number of nitrogens with zero attached hydrogens (tertiary/aromatic N) is 3. The predicted molar refractivity (Wildman–Crippen MR) is 112 cm³/mol. The van der Waals surface area contributed by atoms with Gasteiger partial charge in [-0.25, -0.2) is 9.18 Å². The van der Waals surface area contributed by atoms with Crippen molar-refractivity contribution in [2.45, 2.75) is 56.0 Å². The molecular weight excluding hydrogens is 385 g/mol. The summed E-state index contributed by atoms with van der Waals surface area (Å²) in [6.45, 7) is 0.983.